The highest BCUT2D eigenvalue weighted by Gasteiger charge is 2.60. The van der Waals surface area contributed by atoms with Crippen molar-refractivity contribution in [1.29, 1.82) is 0 Å². The summed E-state index contributed by atoms with van der Waals surface area (Å²) in [6.45, 7) is 0. The number of nitrogens with zero attached hydrogens (tertiary/aromatic N) is 2. The van der Waals surface area contributed by atoms with Crippen LogP contribution in [0.4, 0.5) is 27.6 Å². The van der Waals surface area contributed by atoms with Crippen LogP contribution in [-0.4, -0.2) is 17.5 Å². The third-order valence-corrected chi connectivity index (χ3v) is 3.46. The van der Waals surface area contributed by atoms with Crippen LogP contribution in [0.5, 0.6) is 0 Å². The fourth-order valence-electron chi connectivity index (χ4n) is 2.30. The van der Waals surface area contributed by atoms with E-state index in [2.05, 4.69) is 5.10 Å². The maximum absolute atomic E-state index is 13.0. The molecule has 1 amide bonds. The van der Waals surface area contributed by atoms with E-state index in [0.717, 1.165) is 12.1 Å². The lowest BCUT2D eigenvalue weighted by molar-refractivity contribution is -0.137. The van der Waals surface area contributed by atoms with Crippen molar-refractivity contribution in [2.75, 3.05) is 5.01 Å². The quantitative estimate of drug-likeness (QED) is 0.770. The molecule has 0 N–H and O–H groups in total. The molecule has 1 heterocycles. The van der Waals surface area contributed by atoms with Crippen LogP contribution >= 0.6 is 0 Å². The maximum atomic E-state index is 13.0. The van der Waals surface area contributed by atoms with Gasteiger partial charge in [-0.25, -0.2) is 8.78 Å². The molecule has 0 aromatic heterocycles. The molecule has 0 radical (unpaired) electrons. The molecule has 1 fully saturated rings. The lowest BCUT2D eigenvalue weighted by Gasteiger charge is -2.17. The average Bonchev–Trinajstić information content (AvgIpc) is 2.85. The lowest BCUT2D eigenvalue weighted by Crippen LogP contribution is -2.23. The molecule has 21 heavy (non-hydrogen) atoms. The highest BCUT2D eigenvalue weighted by Crippen LogP contribution is 2.51. The first kappa shape index (κ1) is 14.0. The van der Waals surface area contributed by atoms with E-state index in [1.807, 2.05) is 0 Å². The predicted molar refractivity (Wildman–Crippen MR) is 64.0 cm³/mol. The summed E-state index contributed by atoms with van der Waals surface area (Å²) in [7, 11) is 0. The van der Waals surface area contributed by atoms with Gasteiger partial charge in [0.2, 0.25) is 0 Å². The second-order valence-electron chi connectivity index (χ2n) is 5.01. The molecular formula is C13H9F5N2O. The van der Waals surface area contributed by atoms with Gasteiger partial charge in [-0.1, -0.05) is 12.1 Å². The van der Waals surface area contributed by atoms with Crippen LogP contribution in [-0.2, 0) is 11.0 Å². The van der Waals surface area contributed by atoms with Gasteiger partial charge in [-0.2, -0.15) is 23.3 Å². The number of rotatable bonds is 2. The van der Waals surface area contributed by atoms with E-state index in [1.54, 1.807) is 0 Å². The van der Waals surface area contributed by atoms with E-state index >= 15 is 0 Å². The van der Waals surface area contributed by atoms with Crippen molar-refractivity contribution in [2.45, 2.75) is 24.9 Å². The molecule has 1 saturated carbocycles. The number of hydrazone groups is 1. The molecular weight excluding hydrogens is 295 g/mol. The minimum atomic E-state index is -4.65. The van der Waals surface area contributed by atoms with E-state index < -0.39 is 41.6 Å². The first-order valence-electron chi connectivity index (χ1n) is 6.14. The van der Waals surface area contributed by atoms with E-state index in [0.29, 0.717) is 5.01 Å². The molecule has 1 aliphatic carbocycles. The van der Waals surface area contributed by atoms with Crippen molar-refractivity contribution in [1.82, 2.24) is 0 Å². The third-order valence-electron chi connectivity index (χ3n) is 3.46. The molecule has 8 heteroatoms. The molecule has 1 atom stereocenters. The Kier molecular flexibility index (Phi) is 2.83. The van der Waals surface area contributed by atoms with Crippen molar-refractivity contribution in [3.8, 4) is 0 Å². The molecule has 1 aliphatic heterocycles. The third kappa shape index (κ3) is 2.38. The molecule has 112 valence electrons. The first-order valence-corrected chi connectivity index (χ1v) is 6.14. The van der Waals surface area contributed by atoms with E-state index in [9.17, 15) is 26.7 Å². The summed E-state index contributed by atoms with van der Waals surface area (Å²) in [6.07, 6.45) is -5.43. The number of anilines is 1. The number of hydrogen-bond acceptors (Lipinski definition) is 2. The summed E-state index contributed by atoms with van der Waals surface area (Å²) in [6, 6.07) is 4.43. The Morgan fingerprint density at radius 2 is 1.86 bits per heavy atom. The van der Waals surface area contributed by atoms with Crippen LogP contribution in [0.2, 0.25) is 0 Å². The summed E-state index contributed by atoms with van der Waals surface area (Å²) in [5.41, 5.74) is -1.51. The number of hydrogen-bond donors (Lipinski definition) is 0. The Balaban J connectivity index is 1.96. The summed E-state index contributed by atoms with van der Waals surface area (Å²) in [5.74, 6) is -4.77. The number of benzene rings is 1. The molecule has 3 rings (SSSR count). The number of carbonyl (C=O) groups excluding carboxylic acids is 1. The van der Waals surface area contributed by atoms with Gasteiger partial charge in [0, 0.05) is 6.42 Å². The Bertz CT molecular complexity index is 638. The van der Waals surface area contributed by atoms with E-state index in [1.165, 1.54) is 12.1 Å². The maximum Gasteiger partial charge on any atom is 0.418 e. The van der Waals surface area contributed by atoms with Crippen molar-refractivity contribution >= 4 is 17.3 Å². The summed E-state index contributed by atoms with van der Waals surface area (Å²) in [4.78, 5) is 11.8. The van der Waals surface area contributed by atoms with Crippen LogP contribution < -0.4 is 5.01 Å². The predicted octanol–water partition coefficient (Wildman–Crippen LogP) is 3.45. The Labute approximate surface area is 116 Å². The summed E-state index contributed by atoms with van der Waals surface area (Å²) < 4.78 is 64.7. The molecule has 2 aliphatic rings. The molecule has 0 saturated heterocycles. The van der Waals surface area contributed by atoms with Gasteiger partial charge in [0.15, 0.2) is 0 Å². The molecule has 0 spiro atoms. The van der Waals surface area contributed by atoms with Gasteiger partial charge in [0.1, 0.15) is 0 Å². The molecule has 0 bridgehead atoms. The minimum Gasteiger partial charge on any atom is -0.272 e. The van der Waals surface area contributed by atoms with Crippen molar-refractivity contribution in [3.05, 3.63) is 29.8 Å². The van der Waals surface area contributed by atoms with Gasteiger partial charge < -0.3 is 0 Å². The average molecular weight is 304 g/mol. The second kappa shape index (κ2) is 4.25. The first-order chi connectivity index (χ1) is 9.70. The van der Waals surface area contributed by atoms with Gasteiger partial charge in [-0.05, 0) is 12.1 Å². The topological polar surface area (TPSA) is 32.7 Å². The van der Waals surface area contributed by atoms with Crippen LogP contribution in [0.1, 0.15) is 18.4 Å². The van der Waals surface area contributed by atoms with Crippen molar-refractivity contribution in [2.24, 2.45) is 11.0 Å². The molecule has 1 aromatic rings. The summed E-state index contributed by atoms with van der Waals surface area (Å²) in [5, 5.41) is 4.27. The zero-order chi connectivity index (χ0) is 15.4. The number of halogens is 5. The van der Waals surface area contributed by atoms with Gasteiger partial charge in [0.05, 0.1) is 29.3 Å². The van der Waals surface area contributed by atoms with Crippen LogP contribution in [0.3, 0.4) is 0 Å². The van der Waals surface area contributed by atoms with Gasteiger partial charge in [-0.3, -0.25) is 4.79 Å². The Morgan fingerprint density at radius 3 is 2.43 bits per heavy atom. The Hall–Kier alpha value is -1.99. The normalized spacial score (nSPS) is 24.2. The zero-order valence-corrected chi connectivity index (χ0v) is 10.5. The smallest absolute Gasteiger partial charge is 0.272 e. The van der Waals surface area contributed by atoms with Gasteiger partial charge in [-0.15, -0.1) is 0 Å². The fraction of sp³-hybridized carbons (Fsp3) is 0.385. The monoisotopic (exact) mass is 304 g/mol. The standard InChI is InChI=1S/C13H9F5N2O/c14-12(15)6-8(12)9-5-11(21)20(19-9)10-4-2-1-3-7(10)13(16,17)18/h1-4,8H,5-6H2. The number of alkyl halides is 5. The minimum absolute atomic E-state index is 0.0537. The van der Waals surface area contributed by atoms with Gasteiger partial charge >= 0.3 is 6.18 Å². The molecule has 1 unspecified atom stereocenters. The lowest BCUT2D eigenvalue weighted by atomic mass is 10.1. The van der Waals surface area contributed by atoms with Crippen molar-refractivity contribution in [3.63, 3.8) is 0 Å². The summed E-state index contributed by atoms with van der Waals surface area (Å²) >= 11 is 0. The molecule has 1 aromatic carbocycles. The highest BCUT2D eigenvalue weighted by atomic mass is 19.4. The fourth-order valence-corrected chi connectivity index (χ4v) is 2.30. The SMILES string of the molecule is O=C1CC(C2CC2(F)F)=NN1c1ccccc1C(F)(F)F. The zero-order valence-electron chi connectivity index (χ0n) is 10.5. The van der Waals surface area contributed by atoms with Crippen LogP contribution in [0.25, 0.3) is 0 Å². The van der Waals surface area contributed by atoms with E-state index in [-0.39, 0.29) is 12.1 Å². The number of carbonyl (C=O) groups is 1. The van der Waals surface area contributed by atoms with Crippen LogP contribution in [0.15, 0.2) is 29.4 Å². The number of amides is 1. The van der Waals surface area contributed by atoms with Crippen molar-refractivity contribution < 1.29 is 26.7 Å². The largest absolute Gasteiger partial charge is 0.418 e. The Morgan fingerprint density at radius 1 is 1.24 bits per heavy atom. The second-order valence-corrected chi connectivity index (χ2v) is 5.01. The van der Waals surface area contributed by atoms with Gasteiger partial charge in [0.25, 0.3) is 11.8 Å². The highest BCUT2D eigenvalue weighted by molar-refractivity contribution is 6.15. The number of para-hydroxylation sites is 1. The van der Waals surface area contributed by atoms with Crippen LogP contribution in [0, 0.1) is 5.92 Å². The van der Waals surface area contributed by atoms with E-state index in [4.69, 9.17) is 0 Å². The molecule has 3 nitrogen and oxygen atoms in total.